The van der Waals surface area contributed by atoms with Crippen LogP contribution in [0.5, 0.6) is 0 Å². The molecular weight excluding hydrogens is 358 g/mol. The Balaban J connectivity index is 2.29. The molecule has 1 saturated heterocycles. The van der Waals surface area contributed by atoms with Gasteiger partial charge in [0.25, 0.3) is 0 Å². The van der Waals surface area contributed by atoms with Gasteiger partial charge in [-0.15, -0.1) is 0 Å². The predicted octanol–water partition coefficient (Wildman–Crippen LogP) is 0.133. The summed E-state index contributed by atoms with van der Waals surface area (Å²) in [4.78, 5) is 34.5. The van der Waals surface area contributed by atoms with E-state index in [0.29, 0.717) is 6.61 Å². The normalized spacial score (nSPS) is 20.1. The van der Waals surface area contributed by atoms with Gasteiger partial charge in [-0.1, -0.05) is 0 Å². The second-order valence-corrected chi connectivity index (χ2v) is 7.21. The van der Waals surface area contributed by atoms with Crippen LogP contribution in [0.25, 0.3) is 0 Å². The molecule has 0 aliphatic carbocycles. The lowest BCUT2D eigenvalue weighted by atomic mass is 10.2. The number of hydrogen-bond acceptors (Lipinski definition) is 7. The molecule has 4 N–H and O–H groups in total. The highest BCUT2D eigenvalue weighted by Crippen LogP contribution is 2.38. The van der Waals surface area contributed by atoms with Crippen LogP contribution < -0.4 is 0 Å². The van der Waals surface area contributed by atoms with Crippen molar-refractivity contribution in [1.29, 1.82) is 0 Å². The standard InChI is InChI=1S/C10H22O11P2/c11-22(12,13)20-7-9(8-21-23(14,15)16)17-5-6-19-10-3-1-2-4-18-10/h9-10H,1-8H2,(H2,11,12,13)(H2,14,15,16). The molecule has 1 aliphatic rings. The zero-order valence-electron chi connectivity index (χ0n) is 12.4. The van der Waals surface area contributed by atoms with Gasteiger partial charge < -0.3 is 33.8 Å². The Labute approximate surface area is 133 Å². The van der Waals surface area contributed by atoms with Crippen molar-refractivity contribution >= 4 is 15.6 Å². The molecule has 23 heavy (non-hydrogen) atoms. The quantitative estimate of drug-likeness (QED) is 0.285. The zero-order chi connectivity index (χ0) is 17.3. The molecule has 0 radical (unpaired) electrons. The van der Waals surface area contributed by atoms with Crippen LogP contribution in [0.15, 0.2) is 0 Å². The summed E-state index contributed by atoms with van der Waals surface area (Å²) in [6.45, 7) is -0.401. The largest absolute Gasteiger partial charge is 0.469 e. The van der Waals surface area contributed by atoms with Gasteiger partial charge in [-0.3, -0.25) is 9.05 Å². The first-order valence-electron chi connectivity index (χ1n) is 6.91. The lowest BCUT2D eigenvalue weighted by molar-refractivity contribution is -0.173. The Morgan fingerprint density at radius 2 is 1.61 bits per heavy atom. The first kappa shape index (κ1) is 21.1. The van der Waals surface area contributed by atoms with Crippen LogP contribution in [0.1, 0.15) is 19.3 Å². The lowest BCUT2D eigenvalue weighted by Gasteiger charge is -2.23. The highest BCUT2D eigenvalue weighted by atomic mass is 31.2. The van der Waals surface area contributed by atoms with Crippen molar-refractivity contribution in [1.82, 2.24) is 0 Å². The fourth-order valence-electron chi connectivity index (χ4n) is 1.74. The van der Waals surface area contributed by atoms with Crippen LogP contribution in [0.4, 0.5) is 0 Å². The van der Waals surface area contributed by atoms with Gasteiger partial charge in [-0.05, 0) is 19.3 Å². The van der Waals surface area contributed by atoms with Gasteiger partial charge in [0.2, 0.25) is 0 Å². The molecule has 0 aromatic carbocycles. The Morgan fingerprint density at radius 1 is 1.00 bits per heavy atom. The van der Waals surface area contributed by atoms with Crippen LogP contribution in [-0.2, 0) is 32.4 Å². The van der Waals surface area contributed by atoms with E-state index in [1.807, 2.05) is 0 Å². The third kappa shape index (κ3) is 12.2. The maximum Gasteiger partial charge on any atom is 0.469 e. The first-order chi connectivity index (χ1) is 10.7. The summed E-state index contributed by atoms with van der Waals surface area (Å²) in [6.07, 6.45) is 1.36. The second-order valence-electron chi connectivity index (χ2n) is 4.73. The topological polar surface area (TPSA) is 161 Å². The molecule has 0 spiro atoms. The van der Waals surface area contributed by atoms with E-state index in [0.717, 1.165) is 19.3 Å². The number of phosphoric acid groups is 2. The van der Waals surface area contributed by atoms with Crippen molar-refractivity contribution in [3.8, 4) is 0 Å². The number of hydrogen-bond donors (Lipinski definition) is 4. The van der Waals surface area contributed by atoms with Crippen molar-refractivity contribution in [3.05, 3.63) is 0 Å². The molecule has 1 fully saturated rings. The minimum absolute atomic E-state index is 0.0135. The van der Waals surface area contributed by atoms with Crippen molar-refractivity contribution in [3.63, 3.8) is 0 Å². The molecule has 0 aromatic rings. The smallest absolute Gasteiger partial charge is 0.371 e. The summed E-state index contributed by atoms with van der Waals surface area (Å²) in [5, 5.41) is 0. The highest BCUT2D eigenvalue weighted by Gasteiger charge is 2.23. The summed E-state index contributed by atoms with van der Waals surface area (Å²) < 4.78 is 45.7. The molecular formula is C10H22O11P2. The Kier molecular flexibility index (Phi) is 9.35. The van der Waals surface area contributed by atoms with Crippen molar-refractivity contribution in [2.24, 2.45) is 0 Å². The van der Waals surface area contributed by atoms with Crippen molar-refractivity contribution < 1.29 is 52.0 Å². The van der Waals surface area contributed by atoms with Crippen LogP contribution in [0.2, 0.25) is 0 Å². The average molecular weight is 380 g/mol. The average Bonchev–Trinajstić information content (AvgIpc) is 2.44. The summed E-state index contributed by atoms with van der Waals surface area (Å²) in [7, 11) is -9.45. The van der Waals surface area contributed by atoms with E-state index in [4.69, 9.17) is 33.8 Å². The Bertz CT molecular complexity index is 387. The number of phosphoric ester groups is 2. The summed E-state index contributed by atoms with van der Waals surface area (Å²) in [6, 6.07) is 0. The molecule has 1 heterocycles. The van der Waals surface area contributed by atoms with Gasteiger partial charge in [0.05, 0.1) is 26.4 Å². The van der Waals surface area contributed by atoms with Crippen molar-refractivity contribution in [2.45, 2.75) is 31.7 Å². The van der Waals surface area contributed by atoms with Gasteiger partial charge >= 0.3 is 15.6 Å². The van der Waals surface area contributed by atoms with Gasteiger partial charge in [0.1, 0.15) is 6.10 Å². The van der Waals surface area contributed by atoms with E-state index in [1.54, 1.807) is 0 Å². The third-order valence-corrected chi connectivity index (χ3v) is 3.71. The molecule has 1 atom stereocenters. The van der Waals surface area contributed by atoms with Gasteiger partial charge in [0, 0.05) is 6.61 Å². The highest BCUT2D eigenvalue weighted by molar-refractivity contribution is 7.46. The van der Waals surface area contributed by atoms with E-state index in [2.05, 4.69) is 9.05 Å². The molecule has 1 rings (SSSR count). The monoisotopic (exact) mass is 380 g/mol. The molecule has 1 aliphatic heterocycles. The van der Waals surface area contributed by atoms with Crippen LogP contribution in [0.3, 0.4) is 0 Å². The van der Waals surface area contributed by atoms with Gasteiger partial charge in [-0.2, -0.15) is 0 Å². The maximum absolute atomic E-state index is 10.7. The summed E-state index contributed by atoms with van der Waals surface area (Å²) in [5.74, 6) is 0. The number of rotatable bonds is 11. The van der Waals surface area contributed by atoms with E-state index in [1.165, 1.54) is 0 Å². The maximum atomic E-state index is 10.7. The van der Waals surface area contributed by atoms with E-state index >= 15 is 0 Å². The van der Waals surface area contributed by atoms with Gasteiger partial charge in [-0.25, -0.2) is 9.13 Å². The third-order valence-electron chi connectivity index (χ3n) is 2.74. The molecule has 0 saturated carbocycles. The lowest BCUT2D eigenvalue weighted by Crippen LogP contribution is -2.28. The van der Waals surface area contributed by atoms with Crippen LogP contribution in [-0.4, -0.2) is 65.0 Å². The van der Waals surface area contributed by atoms with E-state index < -0.39 is 35.0 Å². The minimum Gasteiger partial charge on any atom is -0.371 e. The van der Waals surface area contributed by atoms with Crippen molar-refractivity contribution in [2.75, 3.05) is 33.0 Å². The molecule has 0 aromatic heterocycles. The molecule has 1 unspecified atom stereocenters. The molecule has 11 nitrogen and oxygen atoms in total. The molecule has 0 amide bonds. The zero-order valence-corrected chi connectivity index (χ0v) is 14.1. The summed E-state index contributed by atoms with van der Waals surface area (Å²) in [5.41, 5.74) is 0. The minimum atomic E-state index is -4.73. The van der Waals surface area contributed by atoms with E-state index in [9.17, 15) is 9.13 Å². The van der Waals surface area contributed by atoms with Crippen LogP contribution >= 0.6 is 15.6 Å². The van der Waals surface area contributed by atoms with Gasteiger partial charge in [0.15, 0.2) is 6.29 Å². The Hall–Kier alpha value is 0.1000. The Morgan fingerprint density at radius 3 is 2.09 bits per heavy atom. The number of ether oxygens (including phenoxy) is 3. The summed E-state index contributed by atoms with van der Waals surface area (Å²) >= 11 is 0. The molecule has 13 heteroatoms. The fourth-order valence-corrected chi connectivity index (χ4v) is 2.46. The first-order valence-corrected chi connectivity index (χ1v) is 9.97. The SMILES string of the molecule is O=P(O)(O)OCC(COP(=O)(O)O)OCCOC1CCCCO1. The van der Waals surface area contributed by atoms with Crippen LogP contribution in [0, 0.1) is 0 Å². The second kappa shape index (κ2) is 10.2. The molecule has 0 bridgehead atoms. The molecule has 138 valence electrons. The fraction of sp³-hybridized carbons (Fsp3) is 1.00. The predicted molar refractivity (Wildman–Crippen MR) is 75.3 cm³/mol. The van der Waals surface area contributed by atoms with E-state index in [-0.39, 0.29) is 19.5 Å².